The van der Waals surface area contributed by atoms with E-state index in [2.05, 4.69) is 5.32 Å². The van der Waals surface area contributed by atoms with E-state index in [0.717, 1.165) is 9.80 Å². The van der Waals surface area contributed by atoms with Crippen LogP contribution in [0.15, 0.2) is 24.3 Å². The Balaban J connectivity index is 2.09. The van der Waals surface area contributed by atoms with Crippen molar-refractivity contribution >= 4 is 41.3 Å². The van der Waals surface area contributed by atoms with Crippen LogP contribution in [0.5, 0.6) is 0 Å². The number of nitrogens with one attached hydrogen (secondary N) is 2. The molecule has 0 spiro atoms. The van der Waals surface area contributed by atoms with Gasteiger partial charge in [0.15, 0.2) is 5.96 Å². The highest BCUT2D eigenvalue weighted by molar-refractivity contribution is 5.98. The number of hydrogen-bond acceptors (Lipinski definition) is 6. The molecule has 0 unspecified atom stereocenters. The third-order valence-electron chi connectivity index (χ3n) is 4.99. The van der Waals surface area contributed by atoms with Crippen molar-refractivity contribution in [2.75, 3.05) is 38.5 Å². The lowest BCUT2D eigenvalue weighted by molar-refractivity contribution is -0.156. The fraction of sp³-hybridized carbons (Fsp3) is 0.400. The number of amides is 3. The number of carboxylic acids is 2. The van der Waals surface area contributed by atoms with Crippen LogP contribution < -0.4 is 11.1 Å². The standard InChI is InChI=1S/C20H26N6O7/c1-24(18(32)12-2-4-13(5-3-12)23-20(21)22)10-15(27)26-9-8-25(11-17(30)31)19(33)14(26)6-7-16(28)29/h2-5,14H,6-11H2,1H3,(H,28,29)(H,30,31)(H4,21,22,23)/t14-/m0/s1. The maximum Gasteiger partial charge on any atom is 0.323 e. The molecule has 1 fully saturated rings. The first kappa shape index (κ1) is 25.1. The molecule has 0 bridgehead atoms. The number of piperazine rings is 1. The average molecular weight is 462 g/mol. The quantitative estimate of drug-likeness (QED) is 0.227. The maximum absolute atomic E-state index is 12.9. The summed E-state index contributed by atoms with van der Waals surface area (Å²) < 4.78 is 0. The van der Waals surface area contributed by atoms with Crippen molar-refractivity contribution in [2.45, 2.75) is 18.9 Å². The van der Waals surface area contributed by atoms with Crippen molar-refractivity contribution in [3.05, 3.63) is 29.8 Å². The lowest BCUT2D eigenvalue weighted by Crippen LogP contribution is -2.60. The molecule has 33 heavy (non-hydrogen) atoms. The van der Waals surface area contributed by atoms with Gasteiger partial charge in [-0.3, -0.25) is 29.4 Å². The van der Waals surface area contributed by atoms with Gasteiger partial charge in [0.05, 0.1) is 6.54 Å². The van der Waals surface area contributed by atoms with Crippen LogP contribution in [-0.4, -0.2) is 99.8 Å². The Bertz CT molecular complexity index is 949. The molecular weight excluding hydrogens is 436 g/mol. The first-order chi connectivity index (χ1) is 15.5. The van der Waals surface area contributed by atoms with Crippen LogP contribution in [0.1, 0.15) is 23.2 Å². The molecule has 1 atom stereocenters. The summed E-state index contributed by atoms with van der Waals surface area (Å²) in [5.41, 5.74) is 6.05. The van der Waals surface area contributed by atoms with Gasteiger partial charge in [-0.1, -0.05) is 0 Å². The number of hydrogen-bond donors (Lipinski definition) is 5. The van der Waals surface area contributed by atoms with Crippen LogP contribution in [0.3, 0.4) is 0 Å². The number of likely N-dealkylation sites (N-methyl/N-ethyl adjacent to an activating group) is 1. The van der Waals surface area contributed by atoms with E-state index < -0.39 is 42.2 Å². The summed E-state index contributed by atoms with van der Waals surface area (Å²) in [6.45, 7) is -0.891. The zero-order valence-electron chi connectivity index (χ0n) is 18.0. The van der Waals surface area contributed by atoms with E-state index in [-0.39, 0.29) is 44.0 Å². The lowest BCUT2D eigenvalue weighted by Gasteiger charge is -2.40. The van der Waals surface area contributed by atoms with E-state index in [1.807, 2.05) is 0 Å². The fourth-order valence-electron chi connectivity index (χ4n) is 3.43. The number of guanidine groups is 1. The molecular formula is C20H26N6O7. The van der Waals surface area contributed by atoms with Gasteiger partial charge in [0.2, 0.25) is 11.8 Å². The molecule has 1 aliphatic heterocycles. The molecule has 13 nitrogen and oxygen atoms in total. The van der Waals surface area contributed by atoms with Crippen molar-refractivity contribution in [3.8, 4) is 0 Å². The molecule has 1 aromatic carbocycles. The molecule has 1 aromatic rings. The molecule has 0 aromatic heterocycles. The molecule has 0 radical (unpaired) electrons. The van der Waals surface area contributed by atoms with Crippen molar-refractivity contribution in [3.63, 3.8) is 0 Å². The van der Waals surface area contributed by atoms with Crippen LogP contribution in [0.4, 0.5) is 5.69 Å². The topological polar surface area (TPSA) is 197 Å². The minimum absolute atomic E-state index is 0.0112. The molecule has 0 aliphatic carbocycles. The minimum Gasteiger partial charge on any atom is -0.481 e. The van der Waals surface area contributed by atoms with E-state index >= 15 is 0 Å². The highest BCUT2D eigenvalue weighted by atomic mass is 16.4. The third kappa shape index (κ3) is 6.92. The minimum atomic E-state index is -1.21. The van der Waals surface area contributed by atoms with Gasteiger partial charge >= 0.3 is 11.9 Å². The molecule has 1 saturated heterocycles. The fourth-order valence-corrected chi connectivity index (χ4v) is 3.43. The first-order valence-electron chi connectivity index (χ1n) is 9.98. The summed E-state index contributed by atoms with van der Waals surface area (Å²) in [5.74, 6) is -4.28. The Morgan fingerprint density at radius 2 is 1.79 bits per heavy atom. The Hall–Kier alpha value is -4.16. The SMILES string of the molecule is CN(CC(=O)N1CCN(CC(=O)O)C(=O)[C@@H]1CCC(=O)O)C(=O)c1ccc(NC(=N)N)cc1. The number of carbonyl (C=O) groups excluding carboxylic acids is 3. The highest BCUT2D eigenvalue weighted by Crippen LogP contribution is 2.18. The number of benzene rings is 1. The second-order valence-electron chi connectivity index (χ2n) is 7.47. The number of carboxylic acid groups (broad SMARTS) is 2. The Morgan fingerprint density at radius 1 is 1.15 bits per heavy atom. The normalized spacial score (nSPS) is 15.7. The smallest absolute Gasteiger partial charge is 0.323 e. The average Bonchev–Trinajstić information content (AvgIpc) is 2.73. The first-order valence-corrected chi connectivity index (χ1v) is 9.98. The molecule has 6 N–H and O–H groups in total. The molecule has 3 amide bonds. The summed E-state index contributed by atoms with van der Waals surface area (Å²) >= 11 is 0. The predicted octanol–water partition coefficient (Wildman–Crippen LogP) is -0.947. The molecule has 178 valence electrons. The van der Waals surface area contributed by atoms with Crippen LogP contribution >= 0.6 is 0 Å². The molecule has 1 heterocycles. The molecule has 2 rings (SSSR count). The molecule has 1 aliphatic rings. The zero-order valence-corrected chi connectivity index (χ0v) is 18.0. The van der Waals surface area contributed by atoms with Crippen LogP contribution in [0, 0.1) is 5.41 Å². The van der Waals surface area contributed by atoms with Crippen LogP contribution in [-0.2, 0) is 19.2 Å². The molecule has 13 heteroatoms. The summed E-state index contributed by atoms with van der Waals surface area (Å²) in [6, 6.07) is 4.97. The Kier molecular flexibility index (Phi) is 8.31. The second-order valence-corrected chi connectivity index (χ2v) is 7.47. The van der Waals surface area contributed by atoms with Crippen LogP contribution in [0.25, 0.3) is 0 Å². The third-order valence-corrected chi connectivity index (χ3v) is 4.99. The second kappa shape index (κ2) is 10.9. The number of anilines is 1. The number of aliphatic carboxylic acids is 2. The van der Waals surface area contributed by atoms with Crippen molar-refractivity contribution < 1.29 is 34.2 Å². The Labute approximate surface area is 189 Å². The van der Waals surface area contributed by atoms with Gasteiger partial charge in [-0.25, -0.2) is 0 Å². The van der Waals surface area contributed by atoms with Gasteiger partial charge in [0.1, 0.15) is 12.6 Å². The van der Waals surface area contributed by atoms with E-state index in [1.54, 1.807) is 12.1 Å². The zero-order chi connectivity index (χ0) is 24.7. The predicted molar refractivity (Wildman–Crippen MR) is 116 cm³/mol. The van der Waals surface area contributed by atoms with Gasteiger partial charge in [-0.05, 0) is 30.7 Å². The summed E-state index contributed by atoms with van der Waals surface area (Å²) in [4.78, 5) is 63.7. The van der Waals surface area contributed by atoms with Crippen molar-refractivity contribution in [1.29, 1.82) is 5.41 Å². The lowest BCUT2D eigenvalue weighted by atomic mass is 10.0. The summed E-state index contributed by atoms with van der Waals surface area (Å²) in [5, 5.41) is 27.7. The van der Waals surface area contributed by atoms with E-state index in [1.165, 1.54) is 24.1 Å². The van der Waals surface area contributed by atoms with E-state index in [0.29, 0.717) is 5.69 Å². The number of carbonyl (C=O) groups is 5. The molecule has 0 saturated carbocycles. The number of nitrogens with two attached hydrogens (primary N) is 1. The number of nitrogens with zero attached hydrogens (tertiary/aromatic N) is 3. The van der Waals surface area contributed by atoms with Crippen molar-refractivity contribution in [1.82, 2.24) is 14.7 Å². The Morgan fingerprint density at radius 3 is 2.33 bits per heavy atom. The number of rotatable bonds is 9. The van der Waals surface area contributed by atoms with Crippen LogP contribution in [0.2, 0.25) is 0 Å². The van der Waals surface area contributed by atoms with Gasteiger partial charge in [-0.2, -0.15) is 0 Å². The van der Waals surface area contributed by atoms with Gasteiger partial charge in [0.25, 0.3) is 5.91 Å². The monoisotopic (exact) mass is 462 g/mol. The van der Waals surface area contributed by atoms with E-state index in [4.69, 9.17) is 21.4 Å². The summed E-state index contributed by atoms with van der Waals surface area (Å²) in [7, 11) is 1.41. The maximum atomic E-state index is 12.9. The van der Waals surface area contributed by atoms with Crippen molar-refractivity contribution in [2.24, 2.45) is 5.73 Å². The van der Waals surface area contributed by atoms with Gasteiger partial charge in [0, 0.05) is 37.8 Å². The van der Waals surface area contributed by atoms with E-state index in [9.17, 15) is 24.0 Å². The van der Waals surface area contributed by atoms with Gasteiger partial charge in [-0.15, -0.1) is 0 Å². The highest BCUT2D eigenvalue weighted by Gasteiger charge is 2.38. The van der Waals surface area contributed by atoms with Gasteiger partial charge < -0.3 is 36.0 Å². The summed E-state index contributed by atoms with van der Waals surface area (Å²) in [6.07, 6.45) is -0.547. The largest absolute Gasteiger partial charge is 0.481 e.